The van der Waals surface area contributed by atoms with Gasteiger partial charge in [0.25, 0.3) is 0 Å². The van der Waals surface area contributed by atoms with E-state index in [1.54, 1.807) is 18.2 Å². The first-order valence-electron chi connectivity index (χ1n) is 6.64. The number of benzene rings is 2. The summed E-state index contributed by atoms with van der Waals surface area (Å²) in [7, 11) is -2.13. The minimum Gasteiger partial charge on any atom is -0.504 e. The van der Waals surface area contributed by atoms with Crippen LogP contribution in [0.3, 0.4) is 0 Å². The summed E-state index contributed by atoms with van der Waals surface area (Å²) in [6.07, 6.45) is 0.344. The number of ether oxygens (including phenoxy) is 1. The van der Waals surface area contributed by atoms with E-state index in [0.29, 0.717) is 23.4 Å². The van der Waals surface area contributed by atoms with E-state index < -0.39 is 10.0 Å². The third-order valence-corrected chi connectivity index (χ3v) is 4.66. The van der Waals surface area contributed by atoms with Gasteiger partial charge in [-0.05, 0) is 42.3 Å². The number of aromatic hydroxyl groups is 1. The fourth-order valence-corrected chi connectivity index (χ4v) is 3.02. The van der Waals surface area contributed by atoms with Gasteiger partial charge in [0.15, 0.2) is 11.5 Å². The summed E-state index contributed by atoms with van der Waals surface area (Å²) >= 11 is 0. The lowest BCUT2D eigenvalue weighted by Gasteiger charge is -2.10. The van der Waals surface area contributed by atoms with Gasteiger partial charge < -0.3 is 15.6 Å². The average Bonchev–Trinajstić information content (AvgIpc) is 2.49. The fourth-order valence-electron chi connectivity index (χ4n) is 1.98. The van der Waals surface area contributed by atoms with Crippen LogP contribution in [0.2, 0.25) is 0 Å². The molecule has 0 aliphatic carbocycles. The van der Waals surface area contributed by atoms with Crippen LogP contribution in [-0.2, 0) is 16.4 Å². The molecule has 2 rings (SSSR count). The van der Waals surface area contributed by atoms with Crippen LogP contribution in [0.15, 0.2) is 47.4 Å². The summed E-state index contributed by atoms with van der Waals surface area (Å²) < 4.78 is 31.7. The molecule has 118 valence electrons. The van der Waals surface area contributed by atoms with Crippen molar-refractivity contribution < 1.29 is 18.3 Å². The molecule has 22 heavy (non-hydrogen) atoms. The second kappa shape index (κ2) is 6.67. The standard InChI is InChI=1S/C15H18N2O4S/c1-21-14-4-2-3-11(15(14)18)9-10-17-22(19,20)13-7-5-12(16)6-8-13/h2-8,17-18H,9-10,16H2,1H3. The number of nitrogens with two attached hydrogens (primary N) is 1. The number of nitrogen functional groups attached to an aromatic ring is 1. The molecule has 0 aliphatic rings. The number of hydrogen-bond acceptors (Lipinski definition) is 5. The topological polar surface area (TPSA) is 102 Å². The van der Waals surface area contributed by atoms with E-state index in [4.69, 9.17) is 10.5 Å². The maximum Gasteiger partial charge on any atom is 0.240 e. The summed E-state index contributed by atoms with van der Waals surface area (Å²) in [6.45, 7) is 0.160. The zero-order valence-electron chi connectivity index (χ0n) is 12.1. The Morgan fingerprint density at radius 3 is 2.50 bits per heavy atom. The van der Waals surface area contributed by atoms with E-state index in [1.165, 1.54) is 31.4 Å². The summed E-state index contributed by atoms with van der Waals surface area (Å²) in [5.74, 6) is 0.385. The van der Waals surface area contributed by atoms with Crippen molar-refractivity contribution in [3.05, 3.63) is 48.0 Å². The van der Waals surface area contributed by atoms with Crippen LogP contribution in [0.4, 0.5) is 5.69 Å². The molecular weight excluding hydrogens is 304 g/mol. The fraction of sp³-hybridized carbons (Fsp3) is 0.200. The highest BCUT2D eigenvalue weighted by Gasteiger charge is 2.14. The van der Waals surface area contributed by atoms with Gasteiger partial charge in [0.1, 0.15) is 0 Å². The van der Waals surface area contributed by atoms with Crippen molar-refractivity contribution >= 4 is 15.7 Å². The molecule has 0 radical (unpaired) electrons. The molecule has 0 fully saturated rings. The number of para-hydroxylation sites is 1. The highest BCUT2D eigenvalue weighted by atomic mass is 32.2. The Morgan fingerprint density at radius 2 is 1.86 bits per heavy atom. The Morgan fingerprint density at radius 1 is 1.18 bits per heavy atom. The largest absolute Gasteiger partial charge is 0.504 e. The Bertz CT molecular complexity index is 743. The molecule has 0 aromatic heterocycles. The van der Waals surface area contributed by atoms with Crippen molar-refractivity contribution in [3.8, 4) is 11.5 Å². The van der Waals surface area contributed by atoms with Crippen LogP contribution in [0.5, 0.6) is 11.5 Å². The van der Waals surface area contributed by atoms with Crippen LogP contribution < -0.4 is 15.2 Å². The van der Waals surface area contributed by atoms with E-state index in [-0.39, 0.29) is 17.2 Å². The molecular formula is C15H18N2O4S. The van der Waals surface area contributed by atoms with Crippen LogP contribution in [0.25, 0.3) is 0 Å². The molecule has 0 amide bonds. The number of phenolic OH excluding ortho intramolecular Hbond substituents is 1. The number of methoxy groups -OCH3 is 1. The maximum atomic E-state index is 12.1. The second-order valence-electron chi connectivity index (χ2n) is 4.68. The van der Waals surface area contributed by atoms with Crippen LogP contribution in [-0.4, -0.2) is 27.2 Å². The first-order chi connectivity index (χ1) is 10.4. The molecule has 0 atom stereocenters. The van der Waals surface area contributed by atoms with E-state index in [1.807, 2.05) is 0 Å². The lowest BCUT2D eigenvalue weighted by Crippen LogP contribution is -2.26. The van der Waals surface area contributed by atoms with E-state index in [2.05, 4.69) is 4.72 Å². The molecule has 4 N–H and O–H groups in total. The van der Waals surface area contributed by atoms with E-state index in [0.717, 1.165) is 0 Å². The van der Waals surface area contributed by atoms with Gasteiger partial charge >= 0.3 is 0 Å². The quantitative estimate of drug-likeness (QED) is 0.700. The average molecular weight is 322 g/mol. The van der Waals surface area contributed by atoms with Crippen LogP contribution >= 0.6 is 0 Å². The van der Waals surface area contributed by atoms with Crippen molar-refractivity contribution in [3.63, 3.8) is 0 Å². The Hall–Kier alpha value is -2.25. The predicted molar refractivity (Wildman–Crippen MR) is 84.4 cm³/mol. The SMILES string of the molecule is COc1cccc(CCNS(=O)(=O)c2ccc(N)cc2)c1O. The minimum absolute atomic E-state index is 0.0247. The van der Waals surface area contributed by atoms with Gasteiger partial charge in [-0.25, -0.2) is 13.1 Å². The zero-order chi connectivity index (χ0) is 16.2. The molecule has 0 heterocycles. The van der Waals surface area contributed by atoms with Gasteiger partial charge in [-0.15, -0.1) is 0 Å². The highest BCUT2D eigenvalue weighted by molar-refractivity contribution is 7.89. The second-order valence-corrected chi connectivity index (χ2v) is 6.45. The summed E-state index contributed by atoms with van der Waals surface area (Å²) in [5, 5.41) is 9.95. The Labute approximate surface area is 129 Å². The number of nitrogens with one attached hydrogen (secondary N) is 1. The number of hydrogen-bond donors (Lipinski definition) is 3. The lowest BCUT2D eigenvalue weighted by molar-refractivity contribution is 0.370. The molecule has 0 spiro atoms. The zero-order valence-corrected chi connectivity index (χ0v) is 12.9. The number of anilines is 1. The third-order valence-electron chi connectivity index (χ3n) is 3.18. The van der Waals surface area contributed by atoms with Crippen molar-refractivity contribution in [1.29, 1.82) is 0 Å². The van der Waals surface area contributed by atoms with Gasteiger partial charge in [-0.3, -0.25) is 0 Å². The molecule has 0 unspecified atom stereocenters. The Balaban J connectivity index is 2.03. The summed E-state index contributed by atoms with van der Waals surface area (Å²) in [6, 6.07) is 11.0. The van der Waals surface area contributed by atoms with Crippen molar-refractivity contribution in [2.75, 3.05) is 19.4 Å². The molecule has 7 heteroatoms. The normalized spacial score (nSPS) is 11.3. The van der Waals surface area contributed by atoms with Gasteiger partial charge in [-0.1, -0.05) is 12.1 Å². The molecule has 2 aromatic rings. The van der Waals surface area contributed by atoms with Crippen LogP contribution in [0, 0.1) is 0 Å². The van der Waals surface area contributed by atoms with E-state index in [9.17, 15) is 13.5 Å². The lowest BCUT2D eigenvalue weighted by atomic mass is 10.1. The highest BCUT2D eigenvalue weighted by Crippen LogP contribution is 2.29. The third kappa shape index (κ3) is 3.69. The Kier molecular flexibility index (Phi) is 4.89. The maximum absolute atomic E-state index is 12.1. The van der Waals surface area contributed by atoms with E-state index >= 15 is 0 Å². The molecule has 0 aliphatic heterocycles. The van der Waals surface area contributed by atoms with Crippen molar-refractivity contribution in [2.24, 2.45) is 0 Å². The number of phenols is 1. The van der Waals surface area contributed by atoms with Gasteiger partial charge in [0.05, 0.1) is 12.0 Å². The minimum atomic E-state index is -3.59. The van der Waals surface area contributed by atoms with Crippen molar-refractivity contribution in [2.45, 2.75) is 11.3 Å². The predicted octanol–water partition coefficient (Wildman–Crippen LogP) is 1.50. The summed E-state index contributed by atoms with van der Waals surface area (Å²) in [5.41, 5.74) is 6.65. The molecule has 2 aromatic carbocycles. The van der Waals surface area contributed by atoms with Gasteiger partial charge in [0, 0.05) is 12.2 Å². The van der Waals surface area contributed by atoms with Gasteiger partial charge in [-0.2, -0.15) is 0 Å². The first kappa shape index (κ1) is 16.1. The van der Waals surface area contributed by atoms with Crippen molar-refractivity contribution in [1.82, 2.24) is 4.72 Å². The monoisotopic (exact) mass is 322 g/mol. The molecule has 0 bridgehead atoms. The molecule has 0 saturated carbocycles. The summed E-state index contributed by atoms with van der Waals surface area (Å²) in [4.78, 5) is 0.150. The van der Waals surface area contributed by atoms with Gasteiger partial charge in [0.2, 0.25) is 10.0 Å². The molecule has 0 saturated heterocycles. The molecule has 6 nitrogen and oxygen atoms in total. The number of sulfonamides is 1. The smallest absolute Gasteiger partial charge is 0.240 e. The first-order valence-corrected chi connectivity index (χ1v) is 8.12. The van der Waals surface area contributed by atoms with Crippen LogP contribution in [0.1, 0.15) is 5.56 Å². The number of rotatable bonds is 6.